The summed E-state index contributed by atoms with van der Waals surface area (Å²) >= 11 is 0. The highest BCUT2D eigenvalue weighted by molar-refractivity contribution is 5.74. The van der Waals surface area contributed by atoms with E-state index in [2.05, 4.69) is 19.2 Å². The van der Waals surface area contributed by atoms with E-state index in [0.717, 1.165) is 11.3 Å². The van der Waals surface area contributed by atoms with Crippen molar-refractivity contribution in [3.8, 4) is 5.75 Å². The zero-order chi connectivity index (χ0) is 18.9. The number of ether oxygens (including phenoxy) is 2. The van der Waals surface area contributed by atoms with Crippen LogP contribution in [0.3, 0.4) is 0 Å². The van der Waals surface area contributed by atoms with E-state index in [1.807, 2.05) is 30.3 Å². The molecule has 1 aromatic heterocycles. The molecule has 0 bridgehead atoms. The first kappa shape index (κ1) is 19.8. The topological polar surface area (TPSA) is 63.9 Å². The van der Waals surface area contributed by atoms with Crippen molar-refractivity contribution in [2.75, 3.05) is 27.4 Å². The SMILES string of the molecule is COc1cccc(CN(C)C(=O)NC(COCC(C)C)c2ccco2)c1. The minimum absolute atomic E-state index is 0.192. The molecule has 26 heavy (non-hydrogen) atoms. The van der Waals surface area contributed by atoms with E-state index >= 15 is 0 Å². The zero-order valence-electron chi connectivity index (χ0n) is 15.9. The Kier molecular flexibility index (Phi) is 7.53. The molecule has 0 aliphatic rings. The summed E-state index contributed by atoms with van der Waals surface area (Å²) in [4.78, 5) is 14.2. The van der Waals surface area contributed by atoms with Gasteiger partial charge < -0.3 is 24.1 Å². The van der Waals surface area contributed by atoms with E-state index in [0.29, 0.717) is 31.4 Å². The minimum atomic E-state index is -0.330. The van der Waals surface area contributed by atoms with Gasteiger partial charge in [-0.25, -0.2) is 4.79 Å². The monoisotopic (exact) mass is 360 g/mol. The maximum atomic E-state index is 12.6. The molecule has 1 unspecified atom stereocenters. The second-order valence-corrected chi connectivity index (χ2v) is 6.66. The van der Waals surface area contributed by atoms with Gasteiger partial charge in [0.15, 0.2) is 0 Å². The van der Waals surface area contributed by atoms with Gasteiger partial charge in [-0.2, -0.15) is 0 Å². The molecule has 1 N–H and O–H groups in total. The molecule has 0 fully saturated rings. The number of amides is 2. The Hall–Kier alpha value is -2.47. The van der Waals surface area contributed by atoms with Crippen molar-refractivity contribution in [3.63, 3.8) is 0 Å². The summed E-state index contributed by atoms with van der Waals surface area (Å²) < 4.78 is 16.4. The Balaban J connectivity index is 1.96. The molecular weight excluding hydrogens is 332 g/mol. The van der Waals surface area contributed by atoms with Crippen LogP contribution in [0.5, 0.6) is 5.75 Å². The molecule has 0 saturated carbocycles. The highest BCUT2D eigenvalue weighted by atomic mass is 16.5. The van der Waals surface area contributed by atoms with E-state index < -0.39 is 0 Å². The number of carbonyl (C=O) groups is 1. The van der Waals surface area contributed by atoms with Gasteiger partial charge in [0.25, 0.3) is 0 Å². The van der Waals surface area contributed by atoms with Crippen LogP contribution in [0, 0.1) is 5.92 Å². The van der Waals surface area contributed by atoms with Gasteiger partial charge in [0.1, 0.15) is 17.6 Å². The number of hydrogen-bond donors (Lipinski definition) is 1. The van der Waals surface area contributed by atoms with Crippen molar-refractivity contribution in [2.24, 2.45) is 5.92 Å². The van der Waals surface area contributed by atoms with Gasteiger partial charge in [0.2, 0.25) is 0 Å². The van der Waals surface area contributed by atoms with Crippen molar-refractivity contribution in [1.29, 1.82) is 0 Å². The molecule has 2 aromatic rings. The summed E-state index contributed by atoms with van der Waals surface area (Å²) in [5.41, 5.74) is 0.993. The number of nitrogens with one attached hydrogen (secondary N) is 1. The Labute approximate surface area is 155 Å². The van der Waals surface area contributed by atoms with Gasteiger partial charge in [0, 0.05) is 20.2 Å². The largest absolute Gasteiger partial charge is 0.497 e. The van der Waals surface area contributed by atoms with Gasteiger partial charge in [-0.15, -0.1) is 0 Å². The number of benzene rings is 1. The van der Waals surface area contributed by atoms with Crippen molar-refractivity contribution in [3.05, 3.63) is 54.0 Å². The maximum Gasteiger partial charge on any atom is 0.318 e. The van der Waals surface area contributed by atoms with Gasteiger partial charge in [-0.05, 0) is 35.7 Å². The molecule has 0 radical (unpaired) electrons. The van der Waals surface area contributed by atoms with Gasteiger partial charge in [-0.3, -0.25) is 0 Å². The smallest absolute Gasteiger partial charge is 0.318 e. The number of urea groups is 1. The van der Waals surface area contributed by atoms with Gasteiger partial charge >= 0.3 is 6.03 Å². The molecule has 2 rings (SSSR count). The molecule has 6 nitrogen and oxygen atoms in total. The van der Waals surface area contributed by atoms with Crippen LogP contribution in [0.25, 0.3) is 0 Å². The number of nitrogens with zero attached hydrogens (tertiary/aromatic N) is 1. The van der Waals surface area contributed by atoms with Crippen LogP contribution in [0.2, 0.25) is 0 Å². The lowest BCUT2D eigenvalue weighted by atomic mass is 10.2. The fourth-order valence-electron chi connectivity index (χ4n) is 2.48. The van der Waals surface area contributed by atoms with E-state index in [-0.39, 0.29) is 12.1 Å². The first-order valence-corrected chi connectivity index (χ1v) is 8.75. The Bertz CT molecular complexity index is 670. The highest BCUT2D eigenvalue weighted by Gasteiger charge is 2.20. The second kappa shape index (κ2) is 9.87. The molecular formula is C20H28N2O4. The normalized spacial score (nSPS) is 12.0. The lowest BCUT2D eigenvalue weighted by molar-refractivity contribution is 0.0849. The average Bonchev–Trinajstić information content (AvgIpc) is 3.15. The number of furan rings is 1. The van der Waals surface area contributed by atoms with Crippen LogP contribution in [-0.4, -0.2) is 38.3 Å². The molecule has 6 heteroatoms. The molecule has 0 aliphatic carbocycles. The van der Waals surface area contributed by atoms with Crippen LogP contribution in [0.1, 0.15) is 31.2 Å². The molecule has 142 valence electrons. The van der Waals surface area contributed by atoms with Crippen molar-refractivity contribution in [2.45, 2.75) is 26.4 Å². The number of hydrogen-bond acceptors (Lipinski definition) is 4. The zero-order valence-corrected chi connectivity index (χ0v) is 15.9. The van der Waals surface area contributed by atoms with Crippen LogP contribution in [0.4, 0.5) is 4.79 Å². The van der Waals surface area contributed by atoms with E-state index in [4.69, 9.17) is 13.9 Å². The van der Waals surface area contributed by atoms with Crippen LogP contribution in [-0.2, 0) is 11.3 Å². The number of methoxy groups -OCH3 is 1. The third-order valence-electron chi connectivity index (χ3n) is 3.82. The average molecular weight is 360 g/mol. The van der Waals surface area contributed by atoms with Gasteiger partial charge in [0.05, 0.1) is 20.0 Å². The highest BCUT2D eigenvalue weighted by Crippen LogP contribution is 2.17. The molecule has 0 saturated heterocycles. The summed E-state index contributed by atoms with van der Waals surface area (Å²) in [6.07, 6.45) is 1.59. The summed E-state index contributed by atoms with van der Waals surface area (Å²) in [7, 11) is 3.38. The molecule has 1 aromatic carbocycles. The molecule has 1 atom stereocenters. The quantitative estimate of drug-likeness (QED) is 0.738. The summed E-state index contributed by atoms with van der Waals surface area (Å²) in [5, 5.41) is 2.98. The molecule has 0 spiro atoms. The predicted octanol–water partition coefficient (Wildman–Crippen LogP) is 3.84. The van der Waals surface area contributed by atoms with Crippen LogP contribution >= 0.6 is 0 Å². The van der Waals surface area contributed by atoms with Crippen LogP contribution in [0.15, 0.2) is 47.1 Å². The summed E-state index contributed by atoms with van der Waals surface area (Å²) in [6, 6.07) is 10.8. The molecule has 2 amide bonds. The Morgan fingerprint density at radius 1 is 1.23 bits per heavy atom. The summed E-state index contributed by atoms with van der Waals surface area (Å²) in [6.45, 7) is 5.64. The molecule has 0 aliphatic heterocycles. The fourth-order valence-corrected chi connectivity index (χ4v) is 2.48. The lowest BCUT2D eigenvalue weighted by Gasteiger charge is -2.23. The minimum Gasteiger partial charge on any atom is -0.497 e. The first-order valence-electron chi connectivity index (χ1n) is 8.75. The Morgan fingerprint density at radius 3 is 2.69 bits per heavy atom. The van der Waals surface area contributed by atoms with Crippen LogP contribution < -0.4 is 10.1 Å². The third kappa shape index (κ3) is 6.11. The third-order valence-corrected chi connectivity index (χ3v) is 3.82. The molecule has 1 heterocycles. The standard InChI is InChI=1S/C20H28N2O4/c1-15(2)13-25-14-18(19-9-6-10-26-19)21-20(23)22(3)12-16-7-5-8-17(11-16)24-4/h5-11,15,18H,12-14H2,1-4H3,(H,21,23). The van der Waals surface area contributed by atoms with E-state index in [1.54, 1.807) is 31.4 Å². The van der Waals surface area contributed by atoms with Crippen molar-refractivity contribution >= 4 is 6.03 Å². The second-order valence-electron chi connectivity index (χ2n) is 6.66. The van der Waals surface area contributed by atoms with Gasteiger partial charge in [-0.1, -0.05) is 26.0 Å². The first-order chi connectivity index (χ1) is 12.5. The van der Waals surface area contributed by atoms with Crippen molar-refractivity contribution < 1.29 is 18.7 Å². The van der Waals surface area contributed by atoms with E-state index in [1.165, 1.54) is 0 Å². The maximum absolute atomic E-state index is 12.6. The summed E-state index contributed by atoms with van der Waals surface area (Å²) in [5.74, 6) is 1.88. The number of carbonyl (C=O) groups excluding carboxylic acids is 1. The van der Waals surface area contributed by atoms with Crippen molar-refractivity contribution in [1.82, 2.24) is 10.2 Å². The predicted molar refractivity (Wildman–Crippen MR) is 100 cm³/mol. The Morgan fingerprint density at radius 2 is 2.04 bits per heavy atom. The van der Waals surface area contributed by atoms with E-state index in [9.17, 15) is 4.79 Å². The number of rotatable bonds is 9. The fraction of sp³-hybridized carbons (Fsp3) is 0.450. The lowest BCUT2D eigenvalue weighted by Crippen LogP contribution is -2.40.